The predicted molar refractivity (Wildman–Crippen MR) is 176 cm³/mol. The summed E-state index contributed by atoms with van der Waals surface area (Å²) >= 11 is 0. The van der Waals surface area contributed by atoms with Crippen LogP contribution in [0.2, 0.25) is 0 Å². The monoisotopic (exact) mass is 1020 g/mol. The van der Waals surface area contributed by atoms with Crippen LogP contribution in [0.15, 0.2) is 24.3 Å². The Morgan fingerprint density at radius 3 is 0.836 bits per heavy atom. The van der Waals surface area contributed by atoms with Gasteiger partial charge in [0.1, 0.15) is 0 Å². The molecule has 6 aliphatic rings. The van der Waals surface area contributed by atoms with Crippen molar-refractivity contribution in [2.24, 2.45) is 0 Å². The zero-order chi connectivity index (χ0) is 45.2. The molecule has 61 heavy (non-hydrogen) atoms. The Bertz CT molecular complexity index is 1070. The zero-order valence-corrected chi connectivity index (χ0v) is 37.7. The van der Waals surface area contributed by atoms with Crippen molar-refractivity contribution in [1.29, 1.82) is 0 Å². The summed E-state index contributed by atoms with van der Waals surface area (Å²) in [4.78, 5) is 15.9. The van der Waals surface area contributed by atoms with Crippen molar-refractivity contribution >= 4 is 0 Å². The standard InChI is InChI=1S/C32H56N8.4ClHO4.Cu/c1-9-33-11-19-39(17-3-15-37-25-21-35(13-1)22-26-37)29-31-5-7-32(8-6-31)30-40-18-4-16-38-27-23-36(24-28-38)14-2-10-34-12-20-40;4*2-1(3,4)5;/h5-8H,1-4,9-30H2;4*(H,2,3,4,5);/q-2;;;;;+2. The normalized spacial score (nSPS) is 24.5. The maximum Gasteiger partial charge on any atom is 2.00 e. The zero-order valence-electron chi connectivity index (χ0n) is 33.8. The Labute approximate surface area is 376 Å². The summed E-state index contributed by atoms with van der Waals surface area (Å²) in [6.07, 6.45) is 4.94. The Morgan fingerprint density at radius 2 is 0.590 bits per heavy atom. The second kappa shape index (κ2) is 32.6. The molecule has 0 saturated carbocycles. The van der Waals surface area contributed by atoms with E-state index in [0.29, 0.717) is 0 Å². The topological polar surface area (TPSA) is 405 Å². The third kappa shape index (κ3) is 43.6. The number of nitrogens with zero attached hydrogens (tertiary/aromatic N) is 8. The van der Waals surface area contributed by atoms with Gasteiger partial charge >= 0.3 is 17.1 Å². The third-order valence-electron chi connectivity index (χ3n) is 9.39. The Kier molecular flexibility index (Phi) is 32.6. The molecule has 6 saturated heterocycles. The molecule has 6 heterocycles. The van der Waals surface area contributed by atoms with Crippen LogP contribution in [0.1, 0.15) is 36.8 Å². The average Bonchev–Trinajstić information content (AvgIpc) is 3.10. The van der Waals surface area contributed by atoms with Crippen LogP contribution in [0.4, 0.5) is 0 Å². The van der Waals surface area contributed by atoms with Crippen molar-refractivity contribution in [3.63, 3.8) is 0 Å². The summed E-state index contributed by atoms with van der Waals surface area (Å²) in [6.45, 7) is 25.4. The quantitative estimate of drug-likeness (QED) is 0.203. The minimum absolute atomic E-state index is 0. The van der Waals surface area contributed by atoms with Gasteiger partial charge < -0.3 is 40.0 Å². The summed E-state index contributed by atoms with van der Waals surface area (Å²) in [5, 5.41) is 9.75. The fraction of sp³-hybridized carbons (Fsp3) is 0.812. The summed E-state index contributed by atoms with van der Waals surface area (Å²) in [5.74, 6) is 0. The minimum Gasteiger partial charge on any atom is -0.661 e. The molecule has 4 N–H and O–H groups in total. The molecule has 4 bridgehead atoms. The van der Waals surface area contributed by atoms with Gasteiger partial charge in [0.25, 0.3) is 0 Å². The molecule has 0 spiro atoms. The second-order valence-electron chi connectivity index (χ2n) is 14.1. The molecule has 363 valence electrons. The van der Waals surface area contributed by atoms with Crippen LogP contribution in [0.25, 0.3) is 10.6 Å². The predicted octanol–water partition coefficient (Wildman–Crippen LogP) is -13.6. The molecule has 7 rings (SSSR count). The fourth-order valence-corrected chi connectivity index (χ4v) is 6.78. The van der Waals surface area contributed by atoms with E-state index in [9.17, 15) is 0 Å². The van der Waals surface area contributed by atoms with Crippen LogP contribution in [0.3, 0.4) is 0 Å². The molecule has 0 unspecified atom stereocenters. The Hall–Kier alpha value is -0.0605. The average molecular weight is 1020 g/mol. The molecule has 0 atom stereocenters. The third-order valence-corrected chi connectivity index (χ3v) is 9.39. The van der Waals surface area contributed by atoms with Gasteiger partial charge in [0, 0.05) is 65.4 Å². The minimum atomic E-state index is -4.69. The van der Waals surface area contributed by atoms with E-state index in [0.717, 1.165) is 52.4 Å². The van der Waals surface area contributed by atoms with Gasteiger partial charge in [0.15, 0.2) is 0 Å². The number of halogens is 4. The van der Waals surface area contributed by atoms with Crippen molar-refractivity contribution in [1.82, 2.24) is 29.4 Å². The van der Waals surface area contributed by atoms with E-state index in [2.05, 4.69) is 53.7 Å². The molecule has 29 heteroatoms. The van der Waals surface area contributed by atoms with Gasteiger partial charge in [-0.3, -0.25) is 0 Å². The second-order valence-corrected chi connectivity index (χ2v) is 17.2. The maximum absolute atomic E-state index is 8.60. The van der Waals surface area contributed by atoms with Gasteiger partial charge in [-0.15, -0.1) is 26.2 Å². The van der Waals surface area contributed by atoms with Crippen molar-refractivity contribution in [3.05, 3.63) is 46.0 Å². The van der Waals surface area contributed by atoms with E-state index in [4.69, 9.17) is 85.2 Å². The van der Waals surface area contributed by atoms with Crippen LogP contribution < -0.4 is 55.9 Å². The maximum atomic E-state index is 8.60. The van der Waals surface area contributed by atoms with E-state index in [1.54, 1.807) is 0 Å². The van der Waals surface area contributed by atoms with Crippen LogP contribution in [-0.4, -0.2) is 179 Å². The van der Waals surface area contributed by atoms with E-state index < -0.39 is 41.0 Å². The van der Waals surface area contributed by atoms with Crippen LogP contribution >= 0.6 is 0 Å². The van der Waals surface area contributed by atoms with E-state index >= 15 is 0 Å². The van der Waals surface area contributed by atoms with E-state index in [1.165, 1.54) is 128 Å². The van der Waals surface area contributed by atoms with Gasteiger partial charge in [0.2, 0.25) is 0 Å². The van der Waals surface area contributed by atoms with Crippen molar-refractivity contribution in [2.75, 3.05) is 131 Å². The van der Waals surface area contributed by atoms with Crippen LogP contribution in [-0.2, 0) is 30.2 Å². The van der Waals surface area contributed by atoms with Gasteiger partial charge in [0.05, 0.1) is 59.6 Å². The molecule has 1 radical (unpaired) electrons. The molecule has 24 nitrogen and oxygen atoms in total. The summed E-state index contributed by atoms with van der Waals surface area (Å²) in [6, 6.07) is 9.52. The number of benzene rings is 1. The molecular formula is C32H60Cl4CuN8O16. The first-order valence-electron chi connectivity index (χ1n) is 19.0. The van der Waals surface area contributed by atoms with Gasteiger partial charge in [-0.1, -0.05) is 37.1 Å². The largest absolute Gasteiger partial charge is 2.00 e. The summed E-state index contributed by atoms with van der Waals surface area (Å²) in [7, 11) is -18.8. The van der Waals surface area contributed by atoms with E-state index in [1.807, 2.05) is 0 Å². The summed E-state index contributed by atoms with van der Waals surface area (Å²) in [5.41, 5.74) is 2.88. The van der Waals surface area contributed by atoms with Crippen molar-refractivity contribution in [3.8, 4) is 0 Å². The first-order valence-corrected chi connectivity index (χ1v) is 24.1. The van der Waals surface area contributed by atoms with Crippen LogP contribution in [0, 0.1) is 41.0 Å². The molecule has 0 aromatic heterocycles. The first-order chi connectivity index (χ1) is 27.8. The molecule has 6 fully saturated rings. The number of hydrogen-bond donors (Lipinski definition) is 4. The molecule has 6 aliphatic heterocycles. The van der Waals surface area contributed by atoms with Crippen LogP contribution in [0.5, 0.6) is 0 Å². The van der Waals surface area contributed by atoms with E-state index in [-0.39, 0.29) is 17.1 Å². The SMILES string of the molecule is [Cu+2].[O-][Cl+3]([O-])([O-])O.[O-][Cl+3]([O-])([O-])O.[O-][Cl+3]([O-])([O-])O.[O-][Cl+3]([O-])([O-])O.c1cc(CN2CCCN3CCN(CCC[N-]CC2)CC3)ccc1CN1CCCN2CCN(CCC[N-]CC1)CC2. The fourth-order valence-electron chi connectivity index (χ4n) is 6.78. The first kappa shape index (κ1) is 60.9. The van der Waals surface area contributed by atoms with Gasteiger partial charge in [-0.05, 0) is 76.3 Å². The summed E-state index contributed by atoms with van der Waals surface area (Å²) < 4.78 is 131. The van der Waals surface area contributed by atoms with Gasteiger partial charge in [-0.25, -0.2) is 0 Å². The number of fused-ring (bicyclic) bond motifs is 22. The molecule has 0 amide bonds. The molecular weight excluding hydrogens is 958 g/mol. The molecule has 1 aromatic rings. The number of piperazine rings is 2. The Morgan fingerprint density at radius 1 is 0.361 bits per heavy atom. The smallest absolute Gasteiger partial charge is 0.661 e. The Balaban J connectivity index is 0.00000143. The number of rotatable bonds is 4. The van der Waals surface area contributed by atoms with Crippen molar-refractivity contribution < 1.29 is 133 Å². The van der Waals surface area contributed by atoms with Crippen molar-refractivity contribution in [2.45, 2.75) is 38.8 Å². The molecule has 0 aliphatic carbocycles. The number of hydrogen-bond acceptors (Lipinski definition) is 22. The van der Waals surface area contributed by atoms with Gasteiger partial charge in [-0.2, -0.15) is 55.9 Å². The molecule has 1 aromatic carbocycles.